The molecule has 0 spiro atoms. The van der Waals surface area contributed by atoms with Gasteiger partial charge in [-0.25, -0.2) is 0 Å². The van der Waals surface area contributed by atoms with Crippen LogP contribution in [-0.2, 0) is 14.3 Å². The summed E-state index contributed by atoms with van der Waals surface area (Å²) in [6, 6.07) is 0. The largest absolute Gasteiger partial charge is 0.385 e. The fraction of sp³-hybridized carbons (Fsp3) is 0.944. The number of nitrogens with zero attached hydrogens (tertiary/aromatic N) is 1. The zero-order chi connectivity index (χ0) is 16.0. The van der Waals surface area contributed by atoms with E-state index in [0.717, 1.165) is 58.6 Å². The summed E-state index contributed by atoms with van der Waals surface area (Å²) in [5, 5.41) is 0. The van der Waals surface area contributed by atoms with Crippen LogP contribution in [0.5, 0.6) is 0 Å². The number of methoxy groups -OCH3 is 1. The number of carbonyl (C=O) groups is 1. The van der Waals surface area contributed by atoms with Gasteiger partial charge in [-0.2, -0.15) is 0 Å². The van der Waals surface area contributed by atoms with Crippen molar-refractivity contribution >= 4 is 5.91 Å². The minimum absolute atomic E-state index is 0.264. The average Bonchev–Trinajstić information content (AvgIpc) is 2.78. The van der Waals surface area contributed by atoms with Crippen LogP contribution in [0.15, 0.2) is 0 Å². The molecular weight excluding hydrogens is 278 g/mol. The second kappa shape index (κ2) is 8.30. The van der Waals surface area contributed by atoms with Crippen LogP contribution < -0.4 is 0 Å². The molecule has 2 saturated heterocycles. The molecule has 0 bridgehead atoms. The van der Waals surface area contributed by atoms with Crippen molar-refractivity contribution in [3.05, 3.63) is 0 Å². The first-order chi connectivity index (χ1) is 10.6. The highest BCUT2D eigenvalue weighted by Crippen LogP contribution is 2.37. The second-order valence-electron chi connectivity index (χ2n) is 7.50. The van der Waals surface area contributed by atoms with E-state index in [9.17, 15) is 4.79 Å². The van der Waals surface area contributed by atoms with Crippen LogP contribution in [0.4, 0.5) is 0 Å². The molecule has 22 heavy (non-hydrogen) atoms. The third kappa shape index (κ3) is 4.45. The first-order valence-corrected chi connectivity index (χ1v) is 8.91. The normalized spacial score (nSPS) is 25.0. The van der Waals surface area contributed by atoms with E-state index < -0.39 is 0 Å². The minimum Gasteiger partial charge on any atom is -0.385 e. The van der Waals surface area contributed by atoms with Crippen LogP contribution in [0, 0.1) is 17.3 Å². The summed E-state index contributed by atoms with van der Waals surface area (Å²) in [4.78, 5) is 15.3. The molecule has 128 valence electrons. The molecule has 2 aliphatic heterocycles. The van der Waals surface area contributed by atoms with Crippen LogP contribution >= 0.6 is 0 Å². The van der Waals surface area contributed by atoms with Crippen LogP contribution in [0.25, 0.3) is 0 Å². The van der Waals surface area contributed by atoms with Crippen molar-refractivity contribution in [1.82, 2.24) is 4.90 Å². The van der Waals surface area contributed by atoms with Crippen molar-refractivity contribution in [2.24, 2.45) is 17.3 Å². The van der Waals surface area contributed by atoms with Gasteiger partial charge in [-0.05, 0) is 43.9 Å². The lowest BCUT2D eigenvalue weighted by Crippen LogP contribution is -2.47. The highest BCUT2D eigenvalue weighted by Gasteiger charge is 2.40. The van der Waals surface area contributed by atoms with Crippen molar-refractivity contribution in [3.8, 4) is 0 Å². The van der Waals surface area contributed by atoms with E-state index >= 15 is 0 Å². The van der Waals surface area contributed by atoms with Gasteiger partial charge in [0.1, 0.15) is 0 Å². The van der Waals surface area contributed by atoms with Gasteiger partial charge in [-0.15, -0.1) is 0 Å². The zero-order valence-electron chi connectivity index (χ0n) is 14.6. The van der Waals surface area contributed by atoms with Gasteiger partial charge in [0.05, 0.1) is 0 Å². The Bertz CT molecular complexity index is 350. The summed E-state index contributed by atoms with van der Waals surface area (Å²) in [6.45, 7) is 8.52. The highest BCUT2D eigenvalue weighted by atomic mass is 16.5. The van der Waals surface area contributed by atoms with Gasteiger partial charge in [0.2, 0.25) is 5.91 Å². The van der Waals surface area contributed by atoms with Gasteiger partial charge < -0.3 is 14.4 Å². The van der Waals surface area contributed by atoms with E-state index in [0.29, 0.717) is 17.7 Å². The molecule has 4 heteroatoms. The van der Waals surface area contributed by atoms with Gasteiger partial charge in [0, 0.05) is 45.4 Å². The van der Waals surface area contributed by atoms with Crippen molar-refractivity contribution in [2.45, 2.75) is 52.4 Å². The molecule has 0 saturated carbocycles. The van der Waals surface area contributed by atoms with Gasteiger partial charge in [0.15, 0.2) is 0 Å². The van der Waals surface area contributed by atoms with Crippen LogP contribution in [0.3, 0.4) is 0 Å². The molecule has 2 rings (SSSR count). The number of carbonyl (C=O) groups excluding carboxylic acids is 1. The second-order valence-corrected chi connectivity index (χ2v) is 7.50. The molecule has 0 aromatic carbocycles. The third-order valence-electron chi connectivity index (χ3n) is 5.58. The maximum Gasteiger partial charge on any atom is 0.228 e. The maximum absolute atomic E-state index is 13.1. The molecule has 0 N–H and O–H groups in total. The number of hydrogen-bond donors (Lipinski definition) is 0. The Labute approximate surface area is 135 Å². The van der Waals surface area contributed by atoms with Gasteiger partial charge in [-0.1, -0.05) is 20.3 Å². The Hall–Kier alpha value is -0.610. The monoisotopic (exact) mass is 311 g/mol. The zero-order valence-corrected chi connectivity index (χ0v) is 14.6. The lowest BCUT2D eigenvalue weighted by molar-refractivity contribution is -0.146. The van der Waals surface area contributed by atoms with E-state index in [1.165, 1.54) is 12.8 Å². The van der Waals surface area contributed by atoms with Crippen LogP contribution in [-0.4, -0.2) is 50.8 Å². The van der Waals surface area contributed by atoms with Gasteiger partial charge >= 0.3 is 0 Å². The van der Waals surface area contributed by atoms with Gasteiger partial charge in [-0.3, -0.25) is 4.79 Å². The van der Waals surface area contributed by atoms with Crippen LogP contribution in [0.2, 0.25) is 0 Å². The molecule has 2 fully saturated rings. The predicted molar refractivity (Wildman–Crippen MR) is 87.7 cm³/mol. The fourth-order valence-corrected chi connectivity index (χ4v) is 3.94. The Morgan fingerprint density at radius 1 is 1.23 bits per heavy atom. The summed E-state index contributed by atoms with van der Waals surface area (Å²) in [6.07, 6.45) is 6.69. The molecule has 0 aromatic rings. The molecule has 0 aliphatic carbocycles. The van der Waals surface area contributed by atoms with E-state index in [1.54, 1.807) is 7.11 Å². The third-order valence-corrected chi connectivity index (χ3v) is 5.58. The van der Waals surface area contributed by atoms with E-state index in [2.05, 4.69) is 18.7 Å². The summed E-state index contributed by atoms with van der Waals surface area (Å²) in [7, 11) is 1.76. The molecule has 0 radical (unpaired) electrons. The maximum atomic E-state index is 13.1. The quantitative estimate of drug-likeness (QED) is 0.783. The molecule has 0 aromatic heterocycles. The Balaban J connectivity index is 1.98. The molecule has 1 amide bonds. The van der Waals surface area contributed by atoms with Crippen molar-refractivity contribution in [2.75, 3.05) is 40.0 Å². The summed E-state index contributed by atoms with van der Waals surface area (Å²) >= 11 is 0. The molecule has 2 heterocycles. The SMILES string of the molecule is COCC[C@@H]1CCCCN(C(=O)C(C)(C)C2CCOCC2)C1. The molecular formula is C18H33NO3. The van der Waals surface area contributed by atoms with E-state index in [-0.39, 0.29) is 5.41 Å². The molecule has 1 atom stereocenters. The smallest absolute Gasteiger partial charge is 0.228 e. The lowest BCUT2D eigenvalue weighted by Gasteiger charge is -2.39. The lowest BCUT2D eigenvalue weighted by atomic mass is 9.73. The Kier molecular flexibility index (Phi) is 6.69. The average molecular weight is 311 g/mol. The van der Waals surface area contributed by atoms with E-state index in [4.69, 9.17) is 9.47 Å². The van der Waals surface area contributed by atoms with Crippen molar-refractivity contribution in [3.63, 3.8) is 0 Å². The van der Waals surface area contributed by atoms with Gasteiger partial charge in [0.25, 0.3) is 0 Å². The molecule has 0 unspecified atom stereocenters. The summed E-state index contributed by atoms with van der Waals surface area (Å²) in [5.41, 5.74) is -0.264. The number of likely N-dealkylation sites (tertiary alicyclic amines) is 1. The first kappa shape index (κ1) is 17.7. The molecule has 4 nitrogen and oxygen atoms in total. The summed E-state index contributed by atoms with van der Waals surface area (Å²) in [5.74, 6) is 1.40. The minimum atomic E-state index is -0.264. The fourth-order valence-electron chi connectivity index (χ4n) is 3.94. The van der Waals surface area contributed by atoms with Crippen molar-refractivity contribution < 1.29 is 14.3 Å². The highest BCUT2D eigenvalue weighted by molar-refractivity contribution is 5.82. The number of amides is 1. The standard InChI is InChI=1S/C18H33NO3/c1-18(2,16-8-12-22-13-9-16)17(20)19-10-5-4-6-15(14-19)7-11-21-3/h15-16H,4-14H2,1-3H3/t15-/m0/s1. The number of ether oxygens (including phenoxy) is 2. The molecule has 2 aliphatic rings. The topological polar surface area (TPSA) is 38.8 Å². The Morgan fingerprint density at radius 2 is 1.95 bits per heavy atom. The first-order valence-electron chi connectivity index (χ1n) is 8.91. The number of rotatable bonds is 5. The van der Waals surface area contributed by atoms with E-state index in [1.807, 2.05) is 0 Å². The Morgan fingerprint density at radius 3 is 2.64 bits per heavy atom. The number of hydrogen-bond acceptors (Lipinski definition) is 3. The summed E-state index contributed by atoms with van der Waals surface area (Å²) < 4.78 is 10.7. The van der Waals surface area contributed by atoms with Crippen molar-refractivity contribution in [1.29, 1.82) is 0 Å². The van der Waals surface area contributed by atoms with Crippen LogP contribution in [0.1, 0.15) is 52.4 Å². The predicted octanol–water partition coefficient (Wildman–Crippen LogP) is 3.10.